The topological polar surface area (TPSA) is 114 Å². The molecule has 0 bridgehead atoms. The average molecular weight is 382 g/mol. The molecule has 0 saturated carbocycles. The van der Waals surface area contributed by atoms with Crippen molar-refractivity contribution in [3.8, 4) is 11.8 Å². The zero-order valence-corrected chi connectivity index (χ0v) is 15.1. The van der Waals surface area contributed by atoms with Crippen LogP contribution in [0.25, 0.3) is 0 Å². The number of rotatable bonds is 8. The van der Waals surface area contributed by atoms with Crippen molar-refractivity contribution >= 4 is 23.1 Å². The summed E-state index contributed by atoms with van der Waals surface area (Å²) in [6, 6.07) is 3.97. The van der Waals surface area contributed by atoms with E-state index in [0.29, 0.717) is 6.61 Å². The highest BCUT2D eigenvalue weighted by atomic mass is 35.5. The number of aromatic nitrogens is 2. The molecule has 0 aliphatic carbocycles. The first-order valence-corrected chi connectivity index (χ1v) is 7.85. The number of benzene rings is 1. The van der Waals surface area contributed by atoms with Gasteiger partial charge in [-0.3, -0.25) is 14.9 Å². The summed E-state index contributed by atoms with van der Waals surface area (Å²) in [5.74, 6) is -0.929. The van der Waals surface area contributed by atoms with Crippen LogP contribution in [0.1, 0.15) is 28.7 Å². The monoisotopic (exact) mass is 381 g/mol. The Morgan fingerprint density at radius 3 is 2.31 bits per heavy atom. The number of nitro groups is 1. The van der Waals surface area contributed by atoms with E-state index >= 15 is 0 Å². The molecule has 0 atom stereocenters. The number of carbonyl (C=O) groups is 1. The molecule has 2 rings (SSSR count). The number of methoxy groups -OCH3 is 2. The predicted octanol–water partition coefficient (Wildman–Crippen LogP) is 2.82. The first-order chi connectivity index (χ1) is 12.4. The second kappa shape index (κ2) is 8.54. The molecular formula is C16H16ClN3O6. The summed E-state index contributed by atoms with van der Waals surface area (Å²) in [6.45, 7) is 2.04. The number of hydrogen-bond donors (Lipinski definition) is 0. The maximum Gasteiger partial charge on any atom is 0.286 e. The highest BCUT2D eigenvalue weighted by molar-refractivity contribution is 6.31. The molecule has 0 N–H and O–H groups in total. The lowest BCUT2D eigenvalue weighted by atomic mass is 10.0. The molecule has 26 heavy (non-hydrogen) atoms. The Labute approximate surface area is 154 Å². The van der Waals surface area contributed by atoms with E-state index in [4.69, 9.17) is 25.8 Å². The van der Waals surface area contributed by atoms with Crippen LogP contribution in [0.4, 0.5) is 5.69 Å². The molecule has 1 heterocycles. The molecule has 1 aromatic heterocycles. The van der Waals surface area contributed by atoms with Gasteiger partial charge in [0.25, 0.3) is 5.69 Å². The SMILES string of the molecule is CCOCc1cc(Cl)cc(C(=O)c2nc(OC)cc(OC)n2)c1[N+](=O)[O-]. The summed E-state index contributed by atoms with van der Waals surface area (Å²) in [4.78, 5) is 31.6. The highest BCUT2D eigenvalue weighted by Gasteiger charge is 2.28. The zero-order valence-electron chi connectivity index (χ0n) is 14.3. The fourth-order valence-electron chi connectivity index (χ4n) is 2.20. The Morgan fingerprint density at radius 2 is 1.81 bits per heavy atom. The number of ketones is 1. The predicted molar refractivity (Wildman–Crippen MR) is 92.0 cm³/mol. The minimum atomic E-state index is -0.783. The van der Waals surface area contributed by atoms with E-state index in [-0.39, 0.29) is 40.3 Å². The standard InChI is InChI=1S/C16H16ClN3O6/c1-4-26-8-9-5-10(17)6-11(14(9)20(22)23)15(21)16-18-12(24-2)7-13(19-16)25-3/h5-7H,4,8H2,1-3H3. The number of halogens is 1. The summed E-state index contributed by atoms with van der Waals surface area (Å²) in [5, 5.41) is 11.7. The van der Waals surface area contributed by atoms with Crippen molar-refractivity contribution in [2.75, 3.05) is 20.8 Å². The third kappa shape index (κ3) is 4.24. The first-order valence-electron chi connectivity index (χ1n) is 7.47. The maximum atomic E-state index is 12.8. The van der Waals surface area contributed by atoms with Gasteiger partial charge in [-0.1, -0.05) is 11.6 Å². The van der Waals surface area contributed by atoms with Crippen molar-refractivity contribution in [3.05, 3.63) is 50.3 Å². The smallest absolute Gasteiger partial charge is 0.286 e. The van der Waals surface area contributed by atoms with Gasteiger partial charge in [-0.05, 0) is 19.1 Å². The van der Waals surface area contributed by atoms with Crippen LogP contribution in [0.3, 0.4) is 0 Å². The van der Waals surface area contributed by atoms with E-state index in [1.165, 1.54) is 32.4 Å². The van der Waals surface area contributed by atoms with E-state index in [2.05, 4.69) is 9.97 Å². The van der Waals surface area contributed by atoms with Crippen LogP contribution < -0.4 is 9.47 Å². The molecule has 0 aliphatic heterocycles. The molecule has 0 radical (unpaired) electrons. The average Bonchev–Trinajstić information content (AvgIpc) is 2.64. The van der Waals surface area contributed by atoms with Gasteiger partial charge in [0.15, 0.2) is 0 Å². The summed E-state index contributed by atoms with van der Waals surface area (Å²) in [7, 11) is 2.72. The van der Waals surface area contributed by atoms with Crippen LogP contribution in [0, 0.1) is 10.1 Å². The van der Waals surface area contributed by atoms with Crippen molar-refractivity contribution in [2.45, 2.75) is 13.5 Å². The normalized spacial score (nSPS) is 10.5. The third-order valence-electron chi connectivity index (χ3n) is 3.34. The number of ether oxygens (including phenoxy) is 3. The quantitative estimate of drug-likeness (QED) is 0.389. The molecule has 0 saturated heterocycles. The van der Waals surface area contributed by atoms with Crippen LogP contribution in [-0.2, 0) is 11.3 Å². The lowest BCUT2D eigenvalue weighted by Crippen LogP contribution is -2.13. The number of nitrogens with zero attached hydrogens (tertiary/aromatic N) is 3. The van der Waals surface area contributed by atoms with E-state index in [9.17, 15) is 14.9 Å². The van der Waals surface area contributed by atoms with Crippen LogP contribution >= 0.6 is 11.6 Å². The van der Waals surface area contributed by atoms with Crippen LogP contribution in [0.15, 0.2) is 18.2 Å². The van der Waals surface area contributed by atoms with Crippen LogP contribution in [-0.4, -0.2) is 41.5 Å². The molecule has 0 fully saturated rings. The third-order valence-corrected chi connectivity index (χ3v) is 3.56. The maximum absolute atomic E-state index is 12.8. The molecule has 10 heteroatoms. The molecule has 0 aliphatic rings. The molecule has 0 amide bonds. The van der Waals surface area contributed by atoms with Crippen molar-refractivity contribution in [3.63, 3.8) is 0 Å². The summed E-state index contributed by atoms with van der Waals surface area (Å²) in [6.07, 6.45) is 0. The molecule has 0 spiro atoms. The molecule has 1 aromatic carbocycles. The fourth-order valence-corrected chi connectivity index (χ4v) is 2.44. The number of carbonyl (C=O) groups excluding carboxylic acids is 1. The lowest BCUT2D eigenvalue weighted by molar-refractivity contribution is -0.386. The van der Waals surface area contributed by atoms with Gasteiger partial charge in [0.1, 0.15) is 5.56 Å². The molecule has 138 valence electrons. The second-order valence-electron chi connectivity index (χ2n) is 4.96. The Hall–Kier alpha value is -2.78. The van der Waals surface area contributed by atoms with Crippen molar-refractivity contribution < 1.29 is 23.9 Å². The lowest BCUT2D eigenvalue weighted by Gasteiger charge is -2.09. The first kappa shape index (κ1) is 19.5. The van der Waals surface area contributed by atoms with E-state index in [0.717, 1.165) is 0 Å². The van der Waals surface area contributed by atoms with Crippen LogP contribution in [0.5, 0.6) is 11.8 Å². The zero-order chi connectivity index (χ0) is 19.3. The second-order valence-corrected chi connectivity index (χ2v) is 5.40. The highest BCUT2D eigenvalue weighted by Crippen LogP contribution is 2.31. The van der Waals surface area contributed by atoms with Gasteiger partial charge in [-0.2, -0.15) is 9.97 Å². The van der Waals surface area contributed by atoms with E-state index in [1.54, 1.807) is 6.92 Å². The summed E-state index contributed by atoms with van der Waals surface area (Å²) >= 11 is 6.03. The van der Waals surface area contributed by atoms with E-state index < -0.39 is 16.4 Å². The van der Waals surface area contributed by atoms with Gasteiger partial charge in [-0.25, -0.2) is 0 Å². The van der Waals surface area contributed by atoms with E-state index in [1.807, 2.05) is 0 Å². The summed E-state index contributed by atoms with van der Waals surface area (Å²) < 4.78 is 15.2. The minimum absolute atomic E-state index is 0.0596. The molecular weight excluding hydrogens is 366 g/mol. The van der Waals surface area contributed by atoms with Crippen molar-refractivity contribution in [2.24, 2.45) is 0 Å². The van der Waals surface area contributed by atoms with Gasteiger partial charge in [0, 0.05) is 11.6 Å². The number of hydrogen-bond acceptors (Lipinski definition) is 8. The van der Waals surface area contributed by atoms with Crippen molar-refractivity contribution in [1.29, 1.82) is 0 Å². The van der Waals surface area contributed by atoms with Gasteiger partial charge in [-0.15, -0.1) is 0 Å². The van der Waals surface area contributed by atoms with Gasteiger partial charge < -0.3 is 14.2 Å². The Kier molecular flexibility index (Phi) is 6.42. The molecule has 0 unspecified atom stereocenters. The molecule has 2 aromatic rings. The summed E-state index contributed by atoms with van der Waals surface area (Å²) in [5.41, 5.74) is -0.465. The van der Waals surface area contributed by atoms with Crippen LogP contribution in [0.2, 0.25) is 5.02 Å². The Balaban J connectivity index is 2.61. The largest absolute Gasteiger partial charge is 0.481 e. The fraction of sp³-hybridized carbons (Fsp3) is 0.312. The van der Waals surface area contributed by atoms with Gasteiger partial charge >= 0.3 is 0 Å². The molecule has 9 nitrogen and oxygen atoms in total. The minimum Gasteiger partial charge on any atom is -0.481 e. The van der Waals surface area contributed by atoms with Gasteiger partial charge in [0.05, 0.1) is 37.4 Å². The number of nitro benzene ring substituents is 1. The van der Waals surface area contributed by atoms with Crippen molar-refractivity contribution in [1.82, 2.24) is 9.97 Å². The Morgan fingerprint density at radius 1 is 1.19 bits per heavy atom. The Bertz CT molecular complexity index is 821. The van der Waals surface area contributed by atoms with Gasteiger partial charge in [0.2, 0.25) is 23.4 Å².